The molecule has 11 nitrogen and oxygen atoms in total. The third-order valence-corrected chi connectivity index (χ3v) is 4.16. The second-order valence-corrected chi connectivity index (χ2v) is 5.94. The van der Waals surface area contributed by atoms with E-state index in [0.717, 1.165) is 4.68 Å². The Morgan fingerprint density at radius 3 is 2.67 bits per heavy atom. The Morgan fingerprint density at radius 1 is 1.15 bits per heavy atom. The summed E-state index contributed by atoms with van der Waals surface area (Å²) in [6, 6.07) is 2.80. The number of hydrogen-bond donors (Lipinski definition) is 0. The van der Waals surface area contributed by atoms with Crippen LogP contribution in [0, 0.1) is 12.3 Å². The minimum absolute atomic E-state index is 0.0165. The van der Waals surface area contributed by atoms with Gasteiger partial charge >= 0.3 is 0 Å². The lowest BCUT2D eigenvalue weighted by atomic mass is 10.1. The van der Waals surface area contributed by atoms with Crippen LogP contribution in [0.5, 0.6) is 0 Å². The zero-order chi connectivity index (χ0) is 19.0. The second kappa shape index (κ2) is 6.41. The van der Waals surface area contributed by atoms with Crippen molar-refractivity contribution in [3.8, 4) is 12.3 Å². The summed E-state index contributed by atoms with van der Waals surface area (Å²) in [5.41, 5.74) is 0.0655. The van der Waals surface area contributed by atoms with Crippen LogP contribution in [0.4, 0.5) is 0 Å². The molecule has 0 bridgehead atoms. The molecule has 0 N–H and O–H groups in total. The van der Waals surface area contributed by atoms with E-state index in [1.54, 1.807) is 0 Å². The lowest BCUT2D eigenvalue weighted by Gasteiger charge is -2.14. The van der Waals surface area contributed by atoms with Gasteiger partial charge in [-0.15, -0.1) is 21.7 Å². The molecular formula is C16H13N9O2. The molecule has 0 spiro atoms. The summed E-state index contributed by atoms with van der Waals surface area (Å²) in [4.78, 5) is 31.0. The van der Waals surface area contributed by atoms with E-state index < -0.39 is 0 Å². The number of benzene rings is 1. The molecule has 3 heterocycles. The number of aromatic nitrogens is 9. The maximum Gasteiger partial charge on any atom is 0.278 e. The van der Waals surface area contributed by atoms with Crippen molar-refractivity contribution in [1.82, 2.24) is 44.8 Å². The molecule has 11 heteroatoms. The van der Waals surface area contributed by atoms with Gasteiger partial charge in [0.15, 0.2) is 6.33 Å². The molecule has 27 heavy (non-hydrogen) atoms. The van der Waals surface area contributed by atoms with E-state index in [1.807, 2.05) is 6.92 Å². The molecule has 0 saturated heterocycles. The van der Waals surface area contributed by atoms with Crippen molar-refractivity contribution < 1.29 is 0 Å². The molecule has 4 aromatic rings. The second-order valence-electron chi connectivity index (χ2n) is 5.94. The highest BCUT2D eigenvalue weighted by molar-refractivity contribution is 5.93. The average molecular weight is 363 g/mol. The SMILES string of the molecule is C#CCn1nnc2cc3c(=O)n(C(C)Cn4ncnn4)cnc3cc2c1=O. The van der Waals surface area contributed by atoms with Crippen molar-refractivity contribution in [1.29, 1.82) is 0 Å². The van der Waals surface area contributed by atoms with Crippen LogP contribution in [0.15, 0.2) is 34.4 Å². The maximum absolute atomic E-state index is 12.9. The molecule has 1 atom stereocenters. The van der Waals surface area contributed by atoms with Gasteiger partial charge in [-0.05, 0) is 24.3 Å². The minimum atomic E-state index is -0.378. The molecule has 0 radical (unpaired) electrons. The van der Waals surface area contributed by atoms with E-state index in [2.05, 4.69) is 36.6 Å². The minimum Gasteiger partial charge on any atom is -0.294 e. The lowest BCUT2D eigenvalue weighted by molar-refractivity contribution is 0.389. The van der Waals surface area contributed by atoms with Gasteiger partial charge in [-0.1, -0.05) is 11.1 Å². The number of terminal acetylenes is 1. The Morgan fingerprint density at radius 2 is 1.93 bits per heavy atom. The van der Waals surface area contributed by atoms with E-state index >= 15 is 0 Å². The summed E-state index contributed by atoms with van der Waals surface area (Å²) in [5, 5.41) is 19.8. The molecule has 4 rings (SSSR count). The number of rotatable bonds is 4. The van der Waals surface area contributed by atoms with Gasteiger partial charge in [0, 0.05) is 0 Å². The van der Waals surface area contributed by atoms with Gasteiger partial charge in [0.2, 0.25) is 0 Å². The zero-order valence-corrected chi connectivity index (χ0v) is 14.2. The summed E-state index contributed by atoms with van der Waals surface area (Å²) in [6.07, 6.45) is 7.99. The quantitative estimate of drug-likeness (QED) is 0.347. The molecule has 134 valence electrons. The summed E-state index contributed by atoms with van der Waals surface area (Å²) in [6.45, 7) is 2.22. The normalized spacial score (nSPS) is 12.3. The van der Waals surface area contributed by atoms with E-state index in [-0.39, 0.29) is 23.7 Å². The van der Waals surface area contributed by atoms with Crippen LogP contribution in [0.2, 0.25) is 0 Å². The number of hydrogen-bond acceptors (Lipinski definition) is 8. The smallest absolute Gasteiger partial charge is 0.278 e. The van der Waals surface area contributed by atoms with Gasteiger partial charge < -0.3 is 0 Å². The van der Waals surface area contributed by atoms with Crippen molar-refractivity contribution in [3.05, 3.63) is 45.5 Å². The predicted molar refractivity (Wildman–Crippen MR) is 94.7 cm³/mol. The molecular weight excluding hydrogens is 350 g/mol. The van der Waals surface area contributed by atoms with Gasteiger partial charge in [0.05, 0.1) is 35.2 Å². The van der Waals surface area contributed by atoms with Gasteiger partial charge in [-0.3, -0.25) is 14.2 Å². The highest BCUT2D eigenvalue weighted by Gasteiger charge is 2.14. The summed E-state index contributed by atoms with van der Waals surface area (Å²) in [7, 11) is 0. The average Bonchev–Trinajstić information content (AvgIpc) is 3.17. The van der Waals surface area contributed by atoms with Crippen LogP contribution in [-0.2, 0) is 13.1 Å². The van der Waals surface area contributed by atoms with Crippen LogP contribution in [0.3, 0.4) is 0 Å². The summed E-state index contributed by atoms with van der Waals surface area (Å²) >= 11 is 0. The molecule has 1 aromatic carbocycles. The van der Waals surface area contributed by atoms with Gasteiger partial charge in [-0.25, -0.2) is 4.98 Å². The molecule has 0 aliphatic heterocycles. The first-order valence-corrected chi connectivity index (χ1v) is 8.01. The van der Waals surface area contributed by atoms with E-state index in [0.29, 0.717) is 28.4 Å². The maximum atomic E-state index is 12.9. The van der Waals surface area contributed by atoms with Crippen molar-refractivity contribution >= 4 is 21.8 Å². The Bertz CT molecular complexity index is 1300. The highest BCUT2D eigenvalue weighted by Crippen LogP contribution is 2.15. The Labute approximate surface area is 151 Å². The van der Waals surface area contributed by atoms with Crippen molar-refractivity contribution in [2.24, 2.45) is 0 Å². The fraction of sp³-hybridized carbons (Fsp3) is 0.250. The van der Waals surface area contributed by atoms with E-state index in [9.17, 15) is 9.59 Å². The first kappa shape index (κ1) is 16.5. The monoisotopic (exact) mass is 363 g/mol. The lowest BCUT2D eigenvalue weighted by Crippen LogP contribution is -2.27. The largest absolute Gasteiger partial charge is 0.294 e. The third kappa shape index (κ3) is 2.82. The van der Waals surface area contributed by atoms with Gasteiger partial charge in [0.1, 0.15) is 12.1 Å². The first-order chi connectivity index (χ1) is 13.1. The van der Waals surface area contributed by atoms with Crippen LogP contribution < -0.4 is 11.1 Å². The number of fused-ring (bicyclic) bond motifs is 2. The molecule has 0 aliphatic rings. The standard InChI is InChI=1S/C16H13N9O2/c1-3-4-24-16(27)12-5-13-11(6-14(12)20-22-24)15(26)23(9-17-13)10(2)7-25-19-8-18-21-25/h1,5-6,8-10H,4,7H2,2H3. The molecule has 1 unspecified atom stereocenters. The summed E-state index contributed by atoms with van der Waals surface area (Å²) < 4.78 is 2.56. The van der Waals surface area contributed by atoms with Gasteiger partial charge in [-0.2, -0.15) is 9.48 Å². The van der Waals surface area contributed by atoms with E-state index in [4.69, 9.17) is 6.42 Å². The first-order valence-electron chi connectivity index (χ1n) is 8.01. The van der Waals surface area contributed by atoms with Crippen LogP contribution >= 0.6 is 0 Å². The Balaban J connectivity index is 1.84. The molecule has 3 aromatic heterocycles. The van der Waals surface area contributed by atoms with Crippen molar-refractivity contribution in [2.45, 2.75) is 26.1 Å². The number of tetrazole rings is 1. The van der Waals surface area contributed by atoms with Crippen LogP contribution in [0.1, 0.15) is 13.0 Å². The zero-order valence-electron chi connectivity index (χ0n) is 14.2. The highest BCUT2D eigenvalue weighted by atomic mass is 16.1. The third-order valence-electron chi connectivity index (χ3n) is 4.16. The van der Waals surface area contributed by atoms with Crippen LogP contribution in [-0.4, -0.2) is 44.8 Å². The fourth-order valence-corrected chi connectivity index (χ4v) is 2.81. The Hall–Kier alpha value is -3.94. The van der Waals surface area contributed by atoms with Crippen molar-refractivity contribution in [2.75, 3.05) is 0 Å². The Kier molecular flexibility index (Phi) is 3.92. The van der Waals surface area contributed by atoms with E-state index in [1.165, 1.54) is 34.2 Å². The van der Waals surface area contributed by atoms with Crippen LogP contribution in [0.25, 0.3) is 21.8 Å². The molecule has 0 saturated carbocycles. The predicted octanol–water partition coefficient (Wildman–Crippen LogP) is -0.618. The molecule has 0 amide bonds. The molecule has 0 aliphatic carbocycles. The van der Waals surface area contributed by atoms with Gasteiger partial charge in [0.25, 0.3) is 11.1 Å². The van der Waals surface area contributed by atoms with Crippen molar-refractivity contribution in [3.63, 3.8) is 0 Å². The number of nitrogens with zero attached hydrogens (tertiary/aromatic N) is 9. The summed E-state index contributed by atoms with van der Waals surface area (Å²) in [5.74, 6) is 2.35. The fourth-order valence-electron chi connectivity index (χ4n) is 2.81. The molecule has 0 fully saturated rings. The topological polar surface area (TPSA) is 126 Å².